The standard InChI is InChI=1S/C11H16F3NO4/c1-7-2-3-15(8(4-7)10(17)18)9(16)5-19-6-11(12,13)14/h7-8H,2-6H2,1H3,(H,17,18). The molecular weight excluding hydrogens is 267 g/mol. The van der Waals surface area contributed by atoms with Crippen LogP contribution in [-0.4, -0.2) is 53.9 Å². The highest BCUT2D eigenvalue weighted by molar-refractivity contribution is 5.84. The first kappa shape index (κ1) is 15.7. The number of hydrogen-bond acceptors (Lipinski definition) is 3. The molecule has 0 aromatic heterocycles. The van der Waals surface area contributed by atoms with Gasteiger partial charge in [0.2, 0.25) is 5.91 Å². The topological polar surface area (TPSA) is 66.8 Å². The van der Waals surface area contributed by atoms with Gasteiger partial charge in [0.05, 0.1) is 0 Å². The molecule has 1 aliphatic rings. The van der Waals surface area contributed by atoms with Crippen molar-refractivity contribution in [1.82, 2.24) is 4.90 Å². The average Bonchev–Trinajstić information content (AvgIpc) is 2.26. The average molecular weight is 283 g/mol. The lowest BCUT2D eigenvalue weighted by molar-refractivity contribution is -0.180. The third-order valence-electron chi connectivity index (χ3n) is 2.96. The Labute approximate surface area is 108 Å². The van der Waals surface area contributed by atoms with Gasteiger partial charge in [0.1, 0.15) is 19.3 Å². The lowest BCUT2D eigenvalue weighted by Crippen LogP contribution is -2.51. The van der Waals surface area contributed by atoms with Crippen LogP contribution in [0.1, 0.15) is 19.8 Å². The molecule has 1 fully saturated rings. The molecule has 0 saturated carbocycles. The molecule has 0 bridgehead atoms. The molecule has 1 heterocycles. The Hall–Kier alpha value is -1.31. The first-order chi connectivity index (χ1) is 8.70. The largest absolute Gasteiger partial charge is 0.480 e. The van der Waals surface area contributed by atoms with E-state index in [0.29, 0.717) is 12.8 Å². The second-order valence-corrected chi connectivity index (χ2v) is 4.68. The zero-order chi connectivity index (χ0) is 14.6. The van der Waals surface area contributed by atoms with Crippen molar-refractivity contribution in [3.63, 3.8) is 0 Å². The third kappa shape index (κ3) is 5.06. The molecule has 8 heteroatoms. The lowest BCUT2D eigenvalue weighted by Gasteiger charge is -2.35. The number of piperidine rings is 1. The van der Waals surface area contributed by atoms with Crippen LogP contribution in [0.15, 0.2) is 0 Å². The molecule has 5 nitrogen and oxygen atoms in total. The highest BCUT2D eigenvalue weighted by Crippen LogP contribution is 2.23. The minimum Gasteiger partial charge on any atom is -0.480 e. The van der Waals surface area contributed by atoms with Crippen LogP contribution < -0.4 is 0 Å². The molecular formula is C11H16F3NO4. The summed E-state index contributed by atoms with van der Waals surface area (Å²) in [6, 6.07) is -0.981. The van der Waals surface area contributed by atoms with Gasteiger partial charge in [0.25, 0.3) is 0 Å². The van der Waals surface area contributed by atoms with E-state index in [2.05, 4.69) is 4.74 Å². The van der Waals surface area contributed by atoms with Gasteiger partial charge < -0.3 is 14.7 Å². The number of carbonyl (C=O) groups is 2. The smallest absolute Gasteiger partial charge is 0.411 e. The summed E-state index contributed by atoms with van der Waals surface area (Å²) in [5.41, 5.74) is 0. The molecule has 0 aliphatic carbocycles. The third-order valence-corrected chi connectivity index (χ3v) is 2.96. The van der Waals surface area contributed by atoms with E-state index in [0.717, 1.165) is 4.90 Å². The van der Waals surface area contributed by atoms with E-state index in [1.165, 1.54) is 0 Å². The minimum absolute atomic E-state index is 0.168. The van der Waals surface area contributed by atoms with Gasteiger partial charge in [0.15, 0.2) is 0 Å². The molecule has 0 aromatic carbocycles. The maximum absolute atomic E-state index is 11.9. The quantitative estimate of drug-likeness (QED) is 0.844. The number of likely N-dealkylation sites (tertiary alicyclic amines) is 1. The van der Waals surface area contributed by atoms with E-state index in [1.807, 2.05) is 6.92 Å². The van der Waals surface area contributed by atoms with Crippen LogP contribution in [0.3, 0.4) is 0 Å². The first-order valence-electron chi connectivity index (χ1n) is 5.87. The lowest BCUT2D eigenvalue weighted by atomic mass is 9.92. The van der Waals surface area contributed by atoms with Crippen molar-refractivity contribution in [2.45, 2.75) is 32.0 Å². The molecule has 2 atom stereocenters. The summed E-state index contributed by atoms with van der Waals surface area (Å²) < 4.78 is 39.8. The van der Waals surface area contributed by atoms with Gasteiger partial charge in [0, 0.05) is 6.54 Å². The summed E-state index contributed by atoms with van der Waals surface area (Å²) in [6.45, 7) is -0.164. The highest BCUT2D eigenvalue weighted by Gasteiger charge is 2.35. The van der Waals surface area contributed by atoms with Crippen LogP contribution in [0, 0.1) is 5.92 Å². The molecule has 0 radical (unpaired) electrons. The van der Waals surface area contributed by atoms with Gasteiger partial charge in [-0.05, 0) is 18.8 Å². The van der Waals surface area contributed by atoms with Crippen molar-refractivity contribution in [3.8, 4) is 0 Å². The van der Waals surface area contributed by atoms with Crippen molar-refractivity contribution < 1.29 is 32.6 Å². The molecule has 2 unspecified atom stereocenters. The maximum atomic E-state index is 11.9. The summed E-state index contributed by atoms with van der Waals surface area (Å²) >= 11 is 0. The van der Waals surface area contributed by atoms with Gasteiger partial charge >= 0.3 is 12.1 Å². The molecule has 1 aliphatic heterocycles. The van der Waals surface area contributed by atoms with Crippen LogP contribution in [0.5, 0.6) is 0 Å². The van der Waals surface area contributed by atoms with Crippen molar-refractivity contribution in [2.75, 3.05) is 19.8 Å². The van der Waals surface area contributed by atoms with Crippen LogP contribution in [0.4, 0.5) is 13.2 Å². The molecule has 0 aromatic rings. The molecule has 19 heavy (non-hydrogen) atoms. The number of carboxylic acid groups (broad SMARTS) is 1. The Morgan fingerprint density at radius 1 is 1.42 bits per heavy atom. The number of halogens is 3. The van der Waals surface area contributed by atoms with Crippen LogP contribution in [0.2, 0.25) is 0 Å². The Bertz CT molecular complexity index is 345. The highest BCUT2D eigenvalue weighted by atomic mass is 19.4. The van der Waals surface area contributed by atoms with E-state index < -0.39 is 37.3 Å². The van der Waals surface area contributed by atoms with Crippen LogP contribution >= 0.6 is 0 Å². The summed E-state index contributed by atoms with van der Waals surface area (Å²) in [5, 5.41) is 9.02. The number of carbonyl (C=O) groups excluding carboxylic acids is 1. The Morgan fingerprint density at radius 3 is 2.58 bits per heavy atom. The van der Waals surface area contributed by atoms with Gasteiger partial charge in [-0.25, -0.2) is 4.79 Å². The first-order valence-corrected chi connectivity index (χ1v) is 5.87. The molecule has 1 N–H and O–H groups in total. The molecule has 0 spiro atoms. The number of hydrogen-bond donors (Lipinski definition) is 1. The van der Waals surface area contributed by atoms with E-state index in [4.69, 9.17) is 5.11 Å². The van der Waals surface area contributed by atoms with E-state index in [9.17, 15) is 22.8 Å². The maximum Gasteiger partial charge on any atom is 0.411 e. The predicted octanol–water partition coefficient (Wildman–Crippen LogP) is 1.28. The molecule has 1 rings (SSSR count). The Balaban J connectivity index is 2.52. The van der Waals surface area contributed by atoms with E-state index in [1.54, 1.807) is 0 Å². The molecule has 1 saturated heterocycles. The fourth-order valence-corrected chi connectivity index (χ4v) is 2.01. The second-order valence-electron chi connectivity index (χ2n) is 4.68. The number of ether oxygens (including phenoxy) is 1. The Kier molecular flexibility index (Phi) is 5.16. The van der Waals surface area contributed by atoms with Gasteiger partial charge in [-0.2, -0.15) is 13.2 Å². The number of nitrogens with zero attached hydrogens (tertiary/aromatic N) is 1. The number of rotatable bonds is 4. The van der Waals surface area contributed by atoms with Crippen molar-refractivity contribution in [3.05, 3.63) is 0 Å². The molecule has 110 valence electrons. The van der Waals surface area contributed by atoms with E-state index >= 15 is 0 Å². The monoisotopic (exact) mass is 283 g/mol. The summed E-state index contributed by atoms with van der Waals surface area (Å²) in [4.78, 5) is 23.8. The zero-order valence-corrected chi connectivity index (χ0v) is 10.4. The van der Waals surface area contributed by atoms with E-state index in [-0.39, 0.29) is 12.5 Å². The van der Waals surface area contributed by atoms with Gasteiger partial charge in [-0.3, -0.25) is 4.79 Å². The summed E-state index contributed by atoms with van der Waals surface area (Å²) in [5.74, 6) is -1.69. The van der Waals surface area contributed by atoms with Crippen molar-refractivity contribution >= 4 is 11.9 Å². The molecule has 1 amide bonds. The second kappa shape index (κ2) is 6.23. The summed E-state index contributed by atoms with van der Waals surface area (Å²) in [6.07, 6.45) is -3.56. The number of aliphatic carboxylic acids is 1. The number of alkyl halides is 3. The van der Waals surface area contributed by atoms with Crippen molar-refractivity contribution in [1.29, 1.82) is 0 Å². The summed E-state index contributed by atoms with van der Waals surface area (Å²) in [7, 11) is 0. The predicted molar refractivity (Wildman–Crippen MR) is 58.4 cm³/mol. The number of amides is 1. The fraction of sp³-hybridized carbons (Fsp3) is 0.818. The van der Waals surface area contributed by atoms with Gasteiger partial charge in [-0.1, -0.05) is 6.92 Å². The number of carboxylic acids is 1. The van der Waals surface area contributed by atoms with Crippen molar-refractivity contribution in [2.24, 2.45) is 5.92 Å². The normalized spacial score (nSPS) is 24.3. The minimum atomic E-state index is -4.50. The van der Waals surface area contributed by atoms with Gasteiger partial charge in [-0.15, -0.1) is 0 Å². The SMILES string of the molecule is CC1CCN(C(=O)COCC(F)(F)F)C(C(=O)O)C1. The Morgan fingerprint density at radius 2 is 2.05 bits per heavy atom. The zero-order valence-electron chi connectivity index (χ0n) is 10.4. The van der Waals surface area contributed by atoms with Crippen LogP contribution in [-0.2, 0) is 14.3 Å². The fourth-order valence-electron chi connectivity index (χ4n) is 2.01. The van der Waals surface area contributed by atoms with Crippen LogP contribution in [0.25, 0.3) is 0 Å².